The highest BCUT2D eigenvalue weighted by Crippen LogP contribution is 2.27. The van der Waals surface area contributed by atoms with Gasteiger partial charge in [-0.1, -0.05) is 6.07 Å². The van der Waals surface area contributed by atoms with Gasteiger partial charge in [0.1, 0.15) is 5.82 Å². The lowest BCUT2D eigenvalue weighted by atomic mass is 10.1. The van der Waals surface area contributed by atoms with Gasteiger partial charge in [-0.15, -0.1) is 0 Å². The number of carbonyl (C=O) groups is 1. The highest BCUT2D eigenvalue weighted by Gasteiger charge is 2.27. The Bertz CT molecular complexity index is 422. The minimum atomic E-state index is -0.351. The first-order chi connectivity index (χ1) is 8.13. The van der Waals surface area contributed by atoms with Crippen LogP contribution in [0.1, 0.15) is 24.2 Å². The van der Waals surface area contributed by atoms with Crippen molar-refractivity contribution in [2.24, 2.45) is 0 Å². The Morgan fingerprint density at radius 2 is 2.24 bits per heavy atom. The van der Waals surface area contributed by atoms with Crippen molar-refractivity contribution in [3.05, 3.63) is 29.6 Å². The van der Waals surface area contributed by atoms with Crippen LogP contribution in [0.25, 0.3) is 0 Å². The van der Waals surface area contributed by atoms with Crippen molar-refractivity contribution in [2.45, 2.75) is 26.0 Å². The number of aldehydes is 1. The zero-order valence-electron chi connectivity index (χ0n) is 10.0. The van der Waals surface area contributed by atoms with Crippen molar-refractivity contribution in [3.8, 4) is 0 Å². The lowest BCUT2D eigenvalue weighted by molar-refractivity contribution is 0.0340. The molecule has 0 amide bonds. The van der Waals surface area contributed by atoms with E-state index in [1.165, 1.54) is 6.07 Å². The van der Waals surface area contributed by atoms with Crippen LogP contribution >= 0.6 is 0 Å². The van der Waals surface area contributed by atoms with E-state index in [2.05, 4.69) is 0 Å². The third-order valence-electron chi connectivity index (χ3n) is 3.04. The first-order valence-corrected chi connectivity index (χ1v) is 5.75. The second-order valence-electron chi connectivity index (χ2n) is 4.44. The summed E-state index contributed by atoms with van der Waals surface area (Å²) in [5.74, 6) is -0.351. The second-order valence-corrected chi connectivity index (χ2v) is 4.44. The second kappa shape index (κ2) is 4.84. The molecule has 1 aromatic carbocycles. The van der Waals surface area contributed by atoms with Gasteiger partial charge in [0.25, 0.3) is 0 Å². The van der Waals surface area contributed by atoms with Crippen LogP contribution in [0.3, 0.4) is 0 Å². The van der Waals surface area contributed by atoms with E-state index in [9.17, 15) is 9.18 Å². The number of halogens is 1. The lowest BCUT2D eigenvalue weighted by Gasteiger charge is -2.39. The van der Waals surface area contributed by atoms with Crippen molar-refractivity contribution in [3.63, 3.8) is 0 Å². The van der Waals surface area contributed by atoms with Crippen LogP contribution < -0.4 is 4.90 Å². The van der Waals surface area contributed by atoms with Crippen molar-refractivity contribution in [1.82, 2.24) is 0 Å². The van der Waals surface area contributed by atoms with Gasteiger partial charge in [-0.3, -0.25) is 4.79 Å². The largest absolute Gasteiger partial charge is 0.375 e. The third kappa shape index (κ3) is 2.31. The van der Waals surface area contributed by atoms with E-state index in [-0.39, 0.29) is 18.0 Å². The predicted molar refractivity (Wildman–Crippen MR) is 64.0 cm³/mol. The first kappa shape index (κ1) is 12.0. The van der Waals surface area contributed by atoms with Gasteiger partial charge < -0.3 is 9.64 Å². The Morgan fingerprint density at radius 3 is 2.94 bits per heavy atom. The minimum Gasteiger partial charge on any atom is -0.375 e. The van der Waals surface area contributed by atoms with Gasteiger partial charge in [-0.2, -0.15) is 0 Å². The molecular formula is C13H16FNO2. The summed E-state index contributed by atoms with van der Waals surface area (Å²) in [6.45, 7) is 5.06. The first-order valence-electron chi connectivity index (χ1n) is 5.75. The maximum Gasteiger partial charge on any atom is 0.152 e. The Morgan fingerprint density at radius 1 is 1.47 bits per heavy atom. The van der Waals surface area contributed by atoms with Crippen LogP contribution in [0, 0.1) is 5.82 Å². The van der Waals surface area contributed by atoms with Crippen LogP contribution in [0.4, 0.5) is 10.1 Å². The Labute approximate surface area is 100 Å². The molecule has 3 nitrogen and oxygen atoms in total. The van der Waals surface area contributed by atoms with E-state index < -0.39 is 0 Å². The van der Waals surface area contributed by atoms with E-state index in [0.717, 1.165) is 0 Å². The molecule has 0 radical (unpaired) electrons. The smallest absolute Gasteiger partial charge is 0.152 e. The number of hydrogen-bond donors (Lipinski definition) is 0. The van der Waals surface area contributed by atoms with Gasteiger partial charge in [-0.25, -0.2) is 4.39 Å². The maximum absolute atomic E-state index is 13.9. The maximum atomic E-state index is 13.9. The summed E-state index contributed by atoms with van der Waals surface area (Å²) in [6.07, 6.45) is 0.746. The summed E-state index contributed by atoms with van der Waals surface area (Å²) >= 11 is 0. The third-order valence-corrected chi connectivity index (χ3v) is 3.04. The number of ether oxygens (including phenoxy) is 1. The molecule has 2 atom stereocenters. The number of carbonyl (C=O) groups excluding carboxylic acids is 1. The van der Waals surface area contributed by atoms with E-state index >= 15 is 0 Å². The Balaban J connectivity index is 2.41. The molecule has 0 aromatic heterocycles. The molecule has 1 saturated heterocycles. The van der Waals surface area contributed by atoms with Crippen molar-refractivity contribution in [1.29, 1.82) is 0 Å². The average molecular weight is 237 g/mol. The molecule has 0 saturated carbocycles. The molecule has 0 bridgehead atoms. The summed E-state index contributed by atoms with van der Waals surface area (Å²) in [5.41, 5.74) is 0.788. The summed E-state index contributed by atoms with van der Waals surface area (Å²) in [6, 6.07) is 4.65. The normalized spacial score (nSPS) is 24.8. The fourth-order valence-corrected chi connectivity index (χ4v) is 2.14. The summed E-state index contributed by atoms with van der Waals surface area (Å²) in [7, 11) is 0. The van der Waals surface area contributed by atoms with Crippen LogP contribution in [0.2, 0.25) is 0 Å². The number of anilines is 1. The number of hydrogen-bond acceptors (Lipinski definition) is 3. The number of nitrogens with zero attached hydrogens (tertiary/aromatic N) is 1. The molecule has 1 aliphatic heterocycles. The zero-order valence-corrected chi connectivity index (χ0v) is 10.0. The van der Waals surface area contributed by atoms with E-state index in [1.807, 2.05) is 18.7 Å². The van der Waals surface area contributed by atoms with Crippen LogP contribution in [0.15, 0.2) is 18.2 Å². The molecule has 1 heterocycles. The van der Waals surface area contributed by atoms with Crippen molar-refractivity contribution >= 4 is 12.0 Å². The molecule has 4 heteroatoms. The highest BCUT2D eigenvalue weighted by molar-refractivity contribution is 5.85. The van der Waals surface area contributed by atoms with Crippen molar-refractivity contribution in [2.75, 3.05) is 18.1 Å². The lowest BCUT2D eigenvalue weighted by Crippen LogP contribution is -2.48. The molecule has 0 spiro atoms. The molecule has 1 aliphatic rings. The molecule has 2 unspecified atom stereocenters. The average Bonchev–Trinajstić information content (AvgIpc) is 2.32. The SMILES string of the molecule is CC1CN(c2c(F)cccc2C=O)C(C)CO1. The molecular weight excluding hydrogens is 221 g/mol. The van der Waals surface area contributed by atoms with Gasteiger partial charge in [0.2, 0.25) is 0 Å². The van der Waals surface area contributed by atoms with E-state index in [4.69, 9.17) is 4.74 Å². The quantitative estimate of drug-likeness (QED) is 0.739. The molecule has 92 valence electrons. The Kier molecular flexibility index (Phi) is 3.43. The predicted octanol–water partition coefficient (Wildman–Crippen LogP) is 2.25. The topological polar surface area (TPSA) is 29.5 Å². The van der Waals surface area contributed by atoms with Crippen molar-refractivity contribution < 1.29 is 13.9 Å². The standard InChI is InChI=1S/C13H16FNO2/c1-9-8-17-10(2)6-15(9)13-11(7-16)4-3-5-12(13)14/h3-5,7,9-10H,6,8H2,1-2H3. The molecule has 0 N–H and O–H groups in total. The summed E-state index contributed by atoms with van der Waals surface area (Å²) in [4.78, 5) is 12.9. The van der Waals surface area contributed by atoms with Crippen LogP contribution in [0.5, 0.6) is 0 Å². The fourth-order valence-electron chi connectivity index (χ4n) is 2.14. The number of rotatable bonds is 2. The van der Waals surface area contributed by atoms with Gasteiger partial charge >= 0.3 is 0 Å². The monoisotopic (exact) mass is 237 g/mol. The fraction of sp³-hybridized carbons (Fsp3) is 0.462. The van der Waals surface area contributed by atoms with Crippen LogP contribution in [-0.2, 0) is 4.74 Å². The van der Waals surface area contributed by atoms with Gasteiger partial charge in [0.05, 0.1) is 18.4 Å². The van der Waals surface area contributed by atoms with E-state index in [0.29, 0.717) is 30.7 Å². The molecule has 0 aliphatic carbocycles. The van der Waals surface area contributed by atoms with Gasteiger partial charge in [0, 0.05) is 18.2 Å². The van der Waals surface area contributed by atoms with Crippen LogP contribution in [-0.4, -0.2) is 31.6 Å². The molecule has 17 heavy (non-hydrogen) atoms. The zero-order chi connectivity index (χ0) is 12.4. The number of morpholine rings is 1. The van der Waals surface area contributed by atoms with E-state index in [1.54, 1.807) is 12.1 Å². The summed E-state index contributed by atoms with van der Waals surface area (Å²) in [5, 5.41) is 0. The Hall–Kier alpha value is -1.42. The highest BCUT2D eigenvalue weighted by atomic mass is 19.1. The minimum absolute atomic E-state index is 0.0466. The number of para-hydroxylation sites is 1. The van der Waals surface area contributed by atoms with Gasteiger partial charge in [-0.05, 0) is 26.0 Å². The summed E-state index contributed by atoms with van der Waals surface area (Å²) < 4.78 is 19.4. The molecule has 1 aromatic rings. The molecule has 1 fully saturated rings. The van der Waals surface area contributed by atoms with Gasteiger partial charge in [0.15, 0.2) is 6.29 Å². The molecule has 2 rings (SSSR count). The number of benzene rings is 1.